The Labute approximate surface area is 143 Å². The van der Waals surface area contributed by atoms with E-state index in [9.17, 15) is 4.79 Å². The Hall–Kier alpha value is -1.86. The van der Waals surface area contributed by atoms with Crippen LogP contribution in [0, 0.1) is 0 Å². The van der Waals surface area contributed by atoms with Crippen molar-refractivity contribution in [1.82, 2.24) is 15.3 Å². The second kappa shape index (κ2) is 6.33. The number of amides is 1. The van der Waals surface area contributed by atoms with Crippen molar-refractivity contribution in [2.45, 2.75) is 19.8 Å². The van der Waals surface area contributed by atoms with E-state index in [2.05, 4.69) is 33.2 Å². The molecule has 0 unspecified atom stereocenters. The Balaban J connectivity index is 2.00. The summed E-state index contributed by atoms with van der Waals surface area (Å²) in [5, 5.41) is 3.86. The summed E-state index contributed by atoms with van der Waals surface area (Å²) in [5.41, 5.74) is 7.33. The number of likely N-dealkylation sites (N-methyl/N-ethyl adjacent to an activating group) is 1. The number of fused-ring (bicyclic) bond motifs is 1. The summed E-state index contributed by atoms with van der Waals surface area (Å²) in [6.07, 6.45) is 1.53. The molecular formula is C15H18ClN5OS. The fourth-order valence-corrected chi connectivity index (χ4v) is 3.90. The number of hydrogen-bond donors (Lipinski definition) is 2. The molecule has 23 heavy (non-hydrogen) atoms. The number of hydrogen-bond acceptors (Lipinski definition) is 6. The molecule has 0 saturated heterocycles. The van der Waals surface area contributed by atoms with Gasteiger partial charge in [0.2, 0.25) is 11.2 Å². The number of aromatic nitrogens is 2. The van der Waals surface area contributed by atoms with Crippen molar-refractivity contribution < 1.29 is 4.79 Å². The van der Waals surface area contributed by atoms with Crippen molar-refractivity contribution in [2.24, 2.45) is 5.73 Å². The Bertz CT molecular complexity index is 801. The molecule has 0 bridgehead atoms. The summed E-state index contributed by atoms with van der Waals surface area (Å²) in [5.74, 6) is 0.673. The van der Waals surface area contributed by atoms with Crippen LogP contribution in [0.5, 0.6) is 0 Å². The molecule has 122 valence electrons. The summed E-state index contributed by atoms with van der Waals surface area (Å²) in [4.78, 5) is 24.7. The van der Waals surface area contributed by atoms with Gasteiger partial charge >= 0.3 is 0 Å². The van der Waals surface area contributed by atoms with Gasteiger partial charge in [0.25, 0.3) is 0 Å². The van der Waals surface area contributed by atoms with Gasteiger partial charge in [-0.15, -0.1) is 11.3 Å². The number of thiophene rings is 1. The Morgan fingerprint density at radius 3 is 2.96 bits per heavy atom. The molecule has 1 aliphatic rings. The molecule has 2 aromatic heterocycles. The van der Waals surface area contributed by atoms with Crippen molar-refractivity contribution in [1.29, 1.82) is 0 Å². The van der Waals surface area contributed by atoms with E-state index in [1.165, 1.54) is 4.88 Å². The Kier molecular flexibility index (Phi) is 4.41. The predicted molar refractivity (Wildman–Crippen MR) is 93.9 cm³/mol. The molecule has 0 aromatic carbocycles. The molecule has 0 saturated carbocycles. The van der Waals surface area contributed by atoms with Gasteiger partial charge in [0, 0.05) is 29.7 Å². The SMILES string of the molecule is CCc1cc2c(N3CCC(C(=O)NC)=C(N)C3)nc(Cl)nc2s1. The first-order valence-electron chi connectivity index (χ1n) is 7.44. The molecule has 0 aliphatic carbocycles. The van der Waals surface area contributed by atoms with Crippen molar-refractivity contribution in [3.63, 3.8) is 0 Å². The van der Waals surface area contributed by atoms with Gasteiger partial charge in [-0.1, -0.05) is 6.92 Å². The molecule has 3 N–H and O–H groups in total. The molecular weight excluding hydrogens is 334 g/mol. The number of nitrogens with zero attached hydrogens (tertiary/aromatic N) is 3. The van der Waals surface area contributed by atoms with Crippen LogP contribution in [0.2, 0.25) is 5.28 Å². The van der Waals surface area contributed by atoms with Gasteiger partial charge in [-0.05, 0) is 30.5 Å². The smallest absolute Gasteiger partial charge is 0.248 e. The third-order valence-electron chi connectivity index (χ3n) is 3.93. The zero-order valence-electron chi connectivity index (χ0n) is 13.0. The highest BCUT2D eigenvalue weighted by atomic mass is 35.5. The quantitative estimate of drug-likeness (QED) is 0.827. The Morgan fingerprint density at radius 2 is 2.30 bits per heavy atom. The highest BCUT2D eigenvalue weighted by molar-refractivity contribution is 7.18. The maximum atomic E-state index is 11.8. The van der Waals surface area contributed by atoms with E-state index in [-0.39, 0.29) is 11.2 Å². The number of halogens is 1. The predicted octanol–water partition coefficient (Wildman–Crippen LogP) is 2.08. The van der Waals surface area contributed by atoms with E-state index in [0.29, 0.717) is 30.8 Å². The molecule has 8 heteroatoms. The van der Waals surface area contributed by atoms with Gasteiger partial charge in [0.05, 0.1) is 11.9 Å². The van der Waals surface area contributed by atoms with E-state index in [0.717, 1.165) is 22.5 Å². The molecule has 1 aliphatic heterocycles. The molecule has 0 spiro atoms. The number of rotatable bonds is 3. The van der Waals surface area contributed by atoms with Crippen molar-refractivity contribution >= 4 is 44.9 Å². The highest BCUT2D eigenvalue weighted by Gasteiger charge is 2.24. The maximum absolute atomic E-state index is 11.8. The Morgan fingerprint density at radius 1 is 1.52 bits per heavy atom. The van der Waals surface area contributed by atoms with Crippen LogP contribution in [0.4, 0.5) is 5.82 Å². The zero-order chi connectivity index (χ0) is 16.6. The first-order chi connectivity index (χ1) is 11.0. The second-order valence-corrected chi connectivity index (χ2v) is 6.81. The molecule has 3 rings (SSSR count). The number of aryl methyl sites for hydroxylation is 1. The maximum Gasteiger partial charge on any atom is 0.248 e. The number of carbonyl (C=O) groups excluding carboxylic acids is 1. The minimum atomic E-state index is -0.114. The molecule has 0 radical (unpaired) electrons. The minimum absolute atomic E-state index is 0.114. The summed E-state index contributed by atoms with van der Waals surface area (Å²) >= 11 is 7.71. The number of anilines is 1. The minimum Gasteiger partial charge on any atom is -0.400 e. The lowest BCUT2D eigenvalue weighted by Gasteiger charge is -2.30. The number of nitrogens with one attached hydrogen (secondary N) is 1. The van der Waals surface area contributed by atoms with Crippen LogP contribution in [-0.4, -0.2) is 36.0 Å². The van der Waals surface area contributed by atoms with Crippen molar-refractivity contribution in [3.8, 4) is 0 Å². The fourth-order valence-electron chi connectivity index (χ4n) is 2.72. The van der Waals surface area contributed by atoms with E-state index >= 15 is 0 Å². The lowest BCUT2D eigenvalue weighted by molar-refractivity contribution is -0.117. The van der Waals surface area contributed by atoms with Crippen LogP contribution >= 0.6 is 22.9 Å². The molecule has 0 fully saturated rings. The van der Waals surface area contributed by atoms with E-state index in [1.54, 1.807) is 18.4 Å². The van der Waals surface area contributed by atoms with Crippen LogP contribution in [0.15, 0.2) is 17.3 Å². The monoisotopic (exact) mass is 351 g/mol. The molecule has 2 aromatic rings. The van der Waals surface area contributed by atoms with Crippen molar-refractivity contribution in [3.05, 3.63) is 27.5 Å². The van der Waals surface area contributed by atoms with Crippen LogP contribution in [0.3, 0.4) is 0 Å². The van der Waals surface area contributed by atoms with Crippen LogP contribution < -0.4 is 16.0 Å². The highest BCUT2D eigenvalue weighted by Crippen LogP contribution is 2.33. The van der Waals surface area contributed by atoms with E-state index < -0.39 is 0 Å². The zero-order valence-corrected chi connectivity index (χ0v) is 14.6. The average molecular weight is 352 g/mol. The van der Waals surface area contributed by atoms with Gasteiger partial charge in [-0.3, -0.25) is 4.79 Å². The van der Waals surface area contributed by atoms with Gasteiger partial charge < -0.3 is 16.0 Å². The van der Waals surface area contributed by atoms with Gasteiger partial charge in [0.1, 0.15) is 10.6 Å². The standard InChI is InChI=1S/C15H18ClN5OS/c1-3-8-6-10-12(19-15(16)20-14(10)23-8)21-5-4-9(11(17)7-21)13(22)18-2/h6H,3-5,7,17H2,1-2H3,(H,18,22). The van der Waals surface area contributed by atoms with E-state index in [4.69, 9.17) is 17.3 Å². The average Bonchev–Trinajstić information content (AvgIpc) is 2.96. The third kappa shape index (κ3) is 2.98. The van der Waals surface area contributed by atoms with E-state index in [1.807, 2.05) is 0 Å². The van der Waals surface area contributed by atoms with Crippen LogP contribution in [-0.2, 0) is 11.2 Å². The summed E-state index contributed by atoms with van der Waals surface area (Å²) in [6, 6.07) is 2.11. The molecule has 1 amide bonds. The summed E-state index contributed by atoms with van der Waals surface area (Å²) < 4.78 is 0. The van der Waals surface area contributed by atoms with Gasteiger partial charge in [-0.2, -0.15) is 4.98 Å². The topological polar surface area (TPSA) is 84.1 Å². The second-order valence-electron chi connectivity index (χ2n) is 5.36. The molecule has 3 heterocycles. The van der Waals surface area contributed by atoms with Crippen LogP contribution in [0.25, 0.3) is 10.2 Å². The summed E-state index contributed by atoms with van der Waals surface area (Å²) in [6.45, 7) is 3.24. The lowest BCUT2D eigenvalue weighted by atomic mass is 10.0. The first-order valence-corrected chi connectivity index (χ1v) is 8.63. The van der Waals surface area contributed by atoms with Gasteiger partial charge in [-0.25, -0.2) is 4.98 Å². The lowest BCUT2D eigenvalue weighted by Crippen LogP contribution is -2.38. The van der Waals surface area contributed by atoms with Crippen molar-refractivity contribution in [2.75, 3.05) is 25.0 Å². The fraction of sp³-hybridized carbons (Fsp3) is 0.400. The molecule has 6 nitrogen and oxygen atoms in total. The van der Waals surface area contributed by atoms with Gasteiger partial charge in [0.15, 0.2) is 0 Å². The number of carbonyl (C=O) groups is 1. The molecule has 0 atom stereocenters. The third-order valence-corrected chi connectivity index (χ3v) is 5.27. The number of nitrogens with two attached hydrogens (primary N) is 1. The summed E-state index contributed by atoms with van der Waals surface area (Å²) in [7, 11) is 1.61. The normalized spacial score (nSPS) is 15.3. The van der Waals surface area contributed by atoms with Crippen LogP contribution in [0.1, 0.15) is 18.2 Å². The first kappa shape index (κ1) is 16.0. The largest absolute Gasteiger partial charge is 0.400 e.